The van der Waals surface area contributed by atoms with Crippen LogP contribution in [0.1, 0.15) is 31.0 Å². The van der Waals surface area contributed by atoms with Crippen molar-refractivity contribution in [3.8, 4) is 17.6 Å². The summed E-state index contributed by atoms with van der Waals surface area (Å²) in [6, 6.07) is 2.36. The predicted octanol–water partition coefficient (Wildman–Crippen LogP) is 5.88. The van der Waals surface area contributed by atoms with Crippen molar-refractivity contribution in [3.05, 3.63) is 33.4 Å². The molecule has 30 heavy (non-hydrogen) atoms. The van der Waals surface area contributed by atoms with Gasteiger partial charge in [-0.15, -0.1) is 0 Å². The van der Waals surface area contributed by atoms with Crippen LogP contribution >= 0.6 is 23.2 Å². The van der Waals surface area contributed by atoms with Crippen LogP contribution in [0.15, 0.2) is 17.0 Å². The molecule has 5 nitrogen and oxygen atoms in total. The van der Waals surface area contributed by atoms with Gasteiger partial charge in [-0.25, -0.2) is 4.21 Å². The van der Waals surface area contributed by atoms with E-state index < -0.39 is 60.2 Å². The number of hydrogen-bond donors (Lipinski definition) is 0. The molecule has 2 rings (SSSR count). The zero-order valence-corrected chi connectivity index (χ0v) is 17.2. The summed E-state index contributed by atoms with van der Waals surface area (Å²) in [5.41, 5.74) is -7.82. The number of ether oxygens (including phenoxy) is 1. The van der Waals surface area contributed by atoms with Gasteiger partial charge in [-0.1, -0.05) is 36.5 Å². The molecule has 0 aliphatic heterocycles. The quantitative estimate of drug-likeness (QED) is 0.372. The van der Waals surface area contributed by atoms with Crippen LogP contribution in [0.5, 0.6) is 5.88 Å². The minimum absolute atomic E-state index is 0.148. The topological polar surface area (TPSA) is 67.9 Å². The molecule has 1 aromatic heterocycles. The van der Waals surface area contributed by atoms with Gasteiger partial charge in [-0.3, -0.25) is 0 Å². The lowest BCUT2D eigenvalue weighted by molar-refractivity contribution is -0.137. The van der Waals surface area contributed by atoms with Gasteiger partial charge in [0.1, 0.15) is 16.7 Å². The van der Waals surface area contributed by atoms with E-state index >= 15 is 0 Å². The first-order chi connectivity index (χ1) is 13.8. The number of nitriles is 1. The fourth-order valence-corrected chi connectivity index (χ4v) is 3.71. The number of hydrogen-bond acceptors (Lipinski definition) is 4. The van der Waals surface area contributed by atoms with Crippen molar-refractivity contribution < 1.29 is 35.3 Å². The molecule has 164 valence electrons. The van der Waals surface area contributed by atoms with E-state index in [1.54, 1.807) is 6.92 Å². The van der Waals surface area contributed by atoms with Gasteiger partial charge in [0, 0.05) is 0 Å². The Morgan fingerprint density at radius 3 is 2.20 bits per heavy atom. The number of benzene rings is 1. The Bertz CT molecular complexity index is 991. The monoisotopic (exact) mass is 493 g/mol. The molecule has 0 bridgehead atoms. The standard InChI is InChI=1S/C16H11Cl2F6N3O2S/c1-2-3-4-29-14-13(30(28)16(22,23)24)11(7-25)26-27(14)12-9(17)5-8(6-10(12)18)15(19,20)21/h5-6H,2-4H2,1H3. The molecular weight excluding hydrogens is 483 g/mol. The zero-order chi connectivity index (χ0) is 22.9. The van der Waals surface area contributed by atoms with E-state index in [1.807, 2.05) is 0 Å². The average Bonchev–Trinajstić information content (AvgIpc) is 2.97. The first-order valence-corrected chi connectivity index (χ1v) is 9.94. The SMILES string of the molecule is CCCCOc1c(S(=O)C(F)(F)F)c(C#N)nn1-c1c(Cl)cc(C(F)(F)F)cc1Cl. The number of nitrogens with zero attached hydrogens (tertiary/aromatic N) is 3. The summed E-state index contributed by atoms with van der Waals surface area (Å²) in [4.78, 5) is -1.08. The minimum Gasteiger partial charge on any atom is -0.477 e. The summed E-state index contributed by atoms with van der Waals surface area (Å²) in [6.07, 6.45) is -3.84. The van der Waals surface area contributed by atoms with Crippen LogP contribution in [0, 0.1) is 11.3 Å². The molecule has 0 aliphatic rings. The van der Waals surface area contributed by atoms with Gasteiger partial charge in [0.25, 0.3) is 0 Å². The Hall–Kier alpha value is -1.97. The van der Waals surface area contributed by atoms with Crippen LogP contribution in [-0.2, 0) is 17.0 Å². The van der Waals surface area contributed by atoms with E-state index in [4.69, 9.17) is 27.9 Å². The minimum atomic E-state index is -5.25. The smallest absolute Gasteiger partial charge is 0.476 e. The molecular formula is C16H11Cl2F6N3O2S. The molecule has 0 amide bonds. The predicted molar refractivity (Wildman–Crippen MR) is 96.2 cm³/mol. The average molecular weight is 494 g/mol. The summed E-state index contributed by atoms with van der Waals surface area (Å²) in [6.45, 7) is 1.62. The van der Waals surface area contributed by atoms with E-state index in [2.05, 4.69) is 5.10 Å². The van der Waals surface area contributed by atoms with Gasteiger partial charge < -0.3 is 4.74 Å². The third-order valence-corrected chi connectivity index (χ3v) is 5.33. The van der Waals surface area contributed by atoms with Crippen LogP contribution in [-0.4, -0.2) is 26.1 Å². The van der Waals surface area contributed by atoms with Crippen LogP contribution in [0.4, 0.5) is 26.3 Å². The lowest BCUT2D eigenvalue weighted by atomic mass is 10.2. The Morgan fingerprint density at radius 2 is 1.77 bits per heavy atom. The number of unbranched alkanes of at least 4 members (excludes halogenated alkanes) is 1. The molecule has 1 unspecified atom stereocenters. The summed E-state index contributed by atoms with van der Waals surface area (Å²) in [5, 5.41) is 11.6. The summed E-state index contributed by atoms with van der Waals surface area (Å²) >= 11 is 11.8. The highest BCUT2D eigenvalue weighted by Crippen LogP contribution is 2.41. The zero-order valence-electron chi connectivity index (χ0n) is 14.9. The van der Waals surface area contributed by atoms with E-state index in [0.29, 0.717) is 29.7 Å². The number of halogens is 8. The molecule has 0 N–H and O–H groups in total. The van der Waals surface area contributed by atoms with Gasteiger partial charge in [0.15, 0.2) is 16.5 Å². The second kappa shape index (κ2) is 9.03. The van der Waals surface area contributed by atoms with Crippen molar-refractivity contribution in [2.24, 2.45) is 0 Å². The normalized spacial score (nSPS) is 13.2. The van der Waals surface area contributed by atoms with Crippen molar-refractivity contribution >= 4 is 34.0 Å². The molecule has 14 heteroatoms. The van der Waals surface area contributed by atoms with Crippen molar-refractivity contribution in [1.29, 1.82) is 5.26 Å². The fraction of sp³-hybridized carbons (Fsp3) is 0.375. The highest BCUT2D eigenvalue weighted by atomic mass is 35.5. The maximum Gasteiger partial charge on any atom is 0.476 e. The van der Waals surface area contributed by atoms with E-state index in [9.17, 15) is 35.8 Å². The third-order valence-electron chi connectivity index (χ3n) is 3.60. The van der Waals surface area contributed by atoms with E-state index in [0.717, 1.165) is 0 Å². The van der Waals surface area contributed by atoms with E-state index in [-0.39, 0.29) is 6.61 Å². The highest BCUT2D eigenvalue weighted by Gasteiger charge is 2.44. The molecule has 0 aliphatic carbocycles. The van der Waals surface area contributed by atoms with Crippen molar-refractivity contribution in [2.75, 3.05) is 6.61 Å². The summed E-state index contributed by atoms with van der Waals surface area (Å²) in [5.74, 6) is -0.751. The van der Waals surface area contributed by atoms with Gasteiger partial charge in [-0.2, -0.15) is 41.4 Å². The van der Waals surface area contributed by atoms with Gasteiger partial charge in [-0.05, 0) is 18.6 Å². The van der Waals surface area contributed by atoms with Crippen molar-refractivity contribution in [2.45, 2.75) is 36.3 Å². The summed E-state index contributed by atoms with van der Waals surface area (Å²) in [7, 11) is -3.71. The molecule has 0 radical (unpaired) electrons. The molecule has 1 atom stereocenters. The third kappa shape index (κ3) is 5.01. The Morgan fingerprint density at radius 1 is 1.20 bits per heavy atom. The molecule has 2 aromatic rings. The Kier molecular flexibility index (Phi) is 7.32. The molecule has 1 aromatic carbocycles. The largest absolute Gasteiger partial charge is 0.477 e. The first kappa shape index (κ1) is 24.3. The van der Waals surface area contributed by atoms with Gasteiger partial charge in [0.2, 0.25) is 5.88 Å². The fourth-order valence-electron chi connectivity index (χ4n) is 2.27. The van der Waals surface area contributed by atoms with E-state index in [1.165, 1.54) is 6.07 Å². The van der Waals surface area contributed by atoms with Crippen LogP contribution in [0.25, 0.3) is 5.69 Å². The molecule has 0 saturated heterocycles. The van der Waals surface area contributed by atoms with Crippen molar-refractivity contribution in [1.82, 2.24) is 9.78 Å². The van der Waals surface area contributed by atoms with Crippen LogP contribution in [0.2, 0.25) is 10.0 Å². The van der Waals surface area contributed by atoms with Crippen LogP contribution < -0.4 is 4.74 Å². The molecule has 0 saturated carbocycles. The van der Waals surface area contributed by atoms with Gasteiger partial charge >= 0.3 is 11.7 Å². The highest BCUT2D eigenvalue weighted by molar-refractivity contribution is 7.86. The maximum absolute atomic E-state index is 13.1. The molecule has 0 fully saturated rings. The molecule has 1 heterocycles. The maximum atomic E-state index is 13.1. The first-order valence-electron chi connectivity index (χ1n) is 8.04. The number of alkyl halides is 6. The summed E-state index contributed by atoms with van der Waals surface area (Å²) < 4.78 is 96.0. The number of aromatic nitrogens is 2. The van der Waals surface area contributed by atoms with Crippen molar-refractivity contribution in [3.63, 3.8) is 0 Å². The Labute approximate surface area is 178 Å². The van der Waals surface area contributed by atoms with Gasteiger partial charge in [0.05, 0.1) is 22.2 Å². The molecule has 0 spiro atoms. The van der Waals surface area contributed by atoms with Crippen LogP contribution in [0.3, 0.4) is 0 Å². The number of rotatable bonds is 6. The Balaban J connectivity index is 2.79. The lowest BCUT2D eigenvalue weighted by Crippen LogP contribution is -2.18. The second-order valence-electron chi connectivity index (χ2n) is 5.71. The second-order valence-corrected chi connectivity index (χ2v) is 7.93. The lowest BCUT2D eigenvalue weighted by Gasteiger charge is -2.15.